The van der Waals surface area contributed by atoms with Crippen LogP contribution in [-0.4, -0.2) is 38.2 Å². The van der Waals surface area contributed by atoms with Crippen molar-refractivity contribution in [2.75, 3.05) is 26.4 Å². The summed E-state index contributed by atoms with van der Waals surface area (Å²) in [5, 5.41) is 0. The van der Waals surface area contributed by atoms with E-state index in [0.29, 0.717) is 31.1 Å². The van der Waals surface area contributed by atoms with Crippen LogP contribution in [-0.2, 0) is 19.0 Å². The average molecular weight is 382 g/mol. The second-order valence-corrected chi connectivity index (χ2v) is 6.02. The van der Waals surface area contributed by atoms with Crippen LogP contribution >= 0.6 is 0 Å². The lowest BCUT2D eigenvalue weighted by atomic mass is 10.1. The number of ketones is 1. The number of unbranched alkanes of at least 4 members (excludes halogenated alkanes) is 1. The van der Waals surface area contributed by atoms with Gasteiger partial charge in [0.15, 0.2) is 5.78 Å². The third-order valence-electron chi connectivity index (χ3n) is 3.86. The van der Waals surface area contributed by atoms with Crippen LogP contribution in [0.1, 0.15) is 35.7 Å². The zero-order chi connectivity index (χ0) is 20.0. The molecule has 0 amide bonds. The molecule has 0 N–H and O–H groups in total. The van der Waals surface area contributed by atoms with Gasteiger partial charge in [-0.1, -0.05) is 60.7 Å². The first-order chi connectivity index (χ1) is 13.7. The molecule has 0 aliphatic carbocycles. The Morgan fingerprint density at radius 3 is 2.07 bits per heavy atom. The Balaban J connectivity index is 1.71. The molecule has 0 saturated carbocycles. The number of hydrogen-bond donors (Lipinski definition) is 0. The molecule has 5 nitrogen and oxygen atoms in total. The quantitative estimate of drug-likeness (QED) is 0.180. The molecule has 0 fully saturated rings. The lowest BCUT2D eigenvalue weighted by Crippen LogP contribution is -2.10. The summed E-state index contributed by atoms with van der Waals surface area (Å²) in [7, 11) is 0. The fourth-order valence-corrected chi connectivity index (χ4v) is 2.46. The summed E-state index contributed by atoms with van der Waals surface area (Å²) >= 11 is 0. The van der Waals surface area contributed by atoms with Gasteiger partial charge in [-0.2, -0.15) is 0 Å². The van der Waals surface area contributed by atoms with Gasteiger partial charge >= 0.3 is 5.97 Å². The fourth-order valence-electron chi connectivity index (χ4n) is 2.46. The first-order valence-corrected chi connectivity index (χ1v) is 9.43. The molecule has 2 aromatic rings. The number of esters is 1. The second kappa shape index (κ2) is 12.5. The van der Waals surface area contributed by atoms with E-state index >= 15 is 0 Å². The van der Waals surface area contributed by atoms with E-state index in [1.54, 1.807) is 19.1 Å². The van der Waals surface area contributed by atoms with E-state index in [1.165, 1.54) is 6.08 Å². The van der Waals surface area contributed by atoms with Crippen molar-refractivity contribution in [1.82, 2.24) is 0 Å². The molecule has 5 heteroatoms. The van der Waals surface area contributed by atoms with Crippen molar-refractivity contribution in [2.45, 2.75) is 19.8 Å². The summed E-state index contributed by atoms with van der Waals surface area (Å²) in [6.07, 6.45) is 2.87. The van der Waals surface area contributed by atoms with Crippen molar-refractivity contribution in [3.8, 4) is 0 Å². The number of Topliss-reactive ketones (excluding diaryl/α,β-unsaturated/α-hetero) is 1. The van der Waals surface area contributed by atoms with Gasteiger partial charge in [-0.3, -0.25) is 4.79 Å². The highest BCUT2D eigenvalue weighted by Gasteiger charge is 2.07. The topological polar surface area (TPSA) is 61.8 Å². The van der Waals surface area contributed by atoms with Crippen LogP contribution in [0.3, 0.4) is 0 Å². The molecule has 0 radical (unpaired) electrons. The molecule has 0 heterocycles. The molecule has 0 aromatic heterocycles. The lowest BCUT2D eigenvalue weighted by molar-refractivity contribution is -0.137. The van der Waals surface area contributed by atoms with Gasteiger partial charge in [0.1, 0.15) is 12.4 Å². The normalized spacial score (nSPS) is 11.1. The summed E-state index contributed by atoms with van der Waals surface area (Å²) < 4.78 is 16.2. The van der Waals surface area contributed by atoms with E-state index in [0.717, 1.165) is 18.4 Å². The number of carbonyl (C=O) groups excluding carboxylic acids is 2. The van der Waals surface area contributed by atoms with Gasteiger partial charge in [0, 0.05) is 17.7 Å². The molecule has 148 valence electrons. The van der Waals surface area contributed by atoms with Gasteiger partial charge in [-0.25, -0.2) is 4.79 Å². The van der Waals surface area contributed by atoms with E-state index in [4.69, 9.17) is 14.2 Å². The van der Waals surface area contributed by atoms with E-state index < -0.39 is 5.97 Å². The molecular formula is C23H26O5. The minimum atomic E-state index is -0.427. The van der Waals surface area contributed by atoms with Crippen molar-refractivity contribution in [3.05, 3.63) is 77.9 Å². The zero-order valence-corrected chi connectivity index (χ0v) is 16.1. The Bertz CT molecular complexity index is 753. The van der Waals surface area contributed by atoms with Crippen molar-refractivity contribution < 1.29 is 23.8 Å². The predicted molar refractivity (Wildman–Crippen MR) is 108 cm³/mol. The SMILES string of the molecule is CCOC(=O)/C=C(/OCCCCOCC(=O)c1ccccc1)c1ccccc1. The molecule has 0 atom stereocenters. The molecule has 2 aromatic carbocycles. The maximum atomic E-state index is 11.9. The summed E-state index contributed by atoms with van der Waals surface area (Å²) in [5.74, 6) is 0.0314. The van der Waals surface area contributed by atoms with Crippen molar-refractivity contribution in [2.24, 2.45) is 0 Å². The van der Waals surface area contributed by atoms with E-state index in [2.05, 4.69) is 0 Å². The van der Waals surface area contributed by atoms with Crippen LogP contribution < -0.4 is 0 Å². The van der Waals surface area contributed by atoms with Crippen molar-refractivity contribution >= 4 is 17.5 Å². The predicted octanol–water partition coefficient (Wildman–Crippen LogP) is 4.29. The molecule has 0 bridgehead atoms. The van der Waals surface area contributed by atoms with Crippen LogP contribution in [0.2, 0.25) is 0 Å². The third kappa shape index (κ3) is 7.76. The molecule has 0 unspecified atom stereocenters. The first kappa shape index (κ1) is 21.4. The number of benzene rings is 2. The van der Waals surface area contributed by atoms with Crippen molar-refractivity contribution in [1.29, 1.82) is 0 Å². The minimum absolute atomic E-state index is 0.0272. The Labute approximate surface area is 165 Å². The molecule has 0 spiro atoms. The summed E-state index contributed by atoms with van der Waals surface area (Å²) in [4.78, 5) is 23.7. The van der Waals surface area contributed by atoms with Crippen LogP contribution in [0.5, 0.6) is 0 Å². The number of rotatable bonds is 12. The number of ether oxygens (including phenoxy) is 3. The fraction of sp³-hybridized carbons (Fsp3) is 0.304. The van der Waals surface area contributed by atoms with Crippen LogP contribution in [0.25, 0.3) is 5.76 Å². The monoisotopic (exact) mass is 382 g/mol. The zero-order valence-electron chi connectivity index (χ0n) is 16.1. The summed E-state index contributed by atoms with van der Waals surface area (Å²) in [6.45, 7) is 3.07. The first-order valence-electron chi connectivity index (χ1n) is 9.43. The van der Waals surface area contributed by atoms with Crippen molar-refractivity contribution in [3.63, 3.8) is 0 Å². The highest BCUT2D eigenvalue weighted by Crippen LogP contribution is 2.16. The lowest BCUT2D eigenvalue weighted by Gasteiger charge is -2.11. The highest BCUT2D eigenvalue weighted by atomic mass is 16.5. The Morgan fingerprint density at radius 1 is 0.821 bits per heavy atom. The molecule has 28 heavy (non-hydrogen) atoms. The number of hydrogen-bond acceptors (Lipinski definition) is 5. The molecule has 0 saturated heterocycles. The van der Waals surface area contributed by atoms with Crippen LogP contribution in [0.15, 0.2) is 66.7 Å². The minimum Gasteiger partial charge on any atom is -0.493 e. The molecule has 2 rings (SSSR count). The second-order valence-electron chi connectivity index (χ2n) is 6.02. The molecule has 0 aliphatic heterocycles. The van der Waals surface area contributed by atoms with Gasteiger partial charge in [0.2, 0.25) is 0 Å². The largest absolute Gasteiger partial charge is 0.493 e. The summed E-state index contributed by atoms with van der Waals surface area (Å²) in [6, 6.07) is 18.5. The maximum Gasteiger partial charge on any atom is 0.334 e. The van der Waals surface area contributed by atoms with E-state index in [-0.39, 0.29) is 12.4 Å². The maximum absolute atomic E-state index is 11.9. The van der Waals surface area contributed by atoms with E-state index in [1.807, 2.05) is 48.5 Å². The third-order valence-corrected chi connectivity index (χ3v) is 3.86. The number of carbonyl (C=O) groups is 2. The average Bonchev–Trinajstić information content (AvgIpc) is 2.73. The van der Waals surface area contributed by atoms with E-state index in [9.17, 15) is 9.59 Å². The standard InChI is InChI=1S/C23H26O5/c1-2-27-23(25)17-22(20-13-7-4-8-14-20)28-16-10-9-15-26-18-21(24)19-11-5-3-6-12-19/h3-8,11-14,17H,2,9-10,15-16,18H2,1H3/b22-17+. The molecule has 0 aliphatic rings. The Hall–Kier alpha value is -2.92. The van der Waals surface area contributed by atoms with Gasteiger partial charge < -0.3 is 14.2 Å². The molecular weight excluding hydrogens is 356 g/mol. The van der Waals surface area contributed by atoms with Crippen LogP contribution in [0, 0.1) is 0 Å². The smallest absolute Gasteiger partial charge is 0.334 e. The Morgan fingerprint density at radius 2 is 1.43 bits per heavy atom. The Kier molecular flexibility index (Phi) is 9.52. The highest BCUT2D eigenvalue weighted by molar-refractivity contribution is 5.97. The summed E-state index contributed by atoms with van der Waals surface area (Å²) in [5.41, 5.74) is 1.47. The van der Waals surface area contributed by atoms with Gasteiger partial charge in [-0.15, -0.1) is 0 Å². The van der Waals surface area contributed by atoms with Gasteiger partial charge in [-0.05, 0) is 19.8 Å². The van der Waals surface area contributed by atoms with Crippen LogP contribution in [0.4, 0.5) is 0 Å². The van der Waals surface area contributed by atoms with Gasteiger partial charge in [0.25, 0.3) is 0 Å². The van der Waals surface area contributed by atoms with Gasteiger partial charge in [0.05, 0.1) is 19.3 Å².